The summed E-state index contributed by atoms with van der Waals surface area (Å²) in [7, 11) is 0. The van der Waals surface area contributed by atoms with Crippen molar-refractivity contribution in [2.75, 3.05) is 0 Å². The molecule has 0 amide bonds. The first-order valence-corrected chi connectivity index (χ1v) is 9.61. The number of ketones is 1. The Bertz CT molecular complexity index is 746. The van der Waals surface area contributed by atoms with Crippen molar-refractivity contribution in [2.24, 2.45) is 29.1 Å². The van der Waals surface area contributed by atoms with Gasteiger partial charge in [0.2, 0.25) is 0 Å². The van der Waals surface area contributed by atoms with Gasteiger partial charge in [0.25, 0.3) is 6.43 Å². The quantitative estimate of drug-likeness (QED) is 0.603. The first-order valence-electron chi connectivity index (χ1n) is 9.61. The summed E-state index contributed by atoms with van der Waals surface area (Å²) in [5.74, 6) is 0.179. The van der Waals surface area contributed by atoms with Crippen LogP contribution in [0.15, 0.2) is 24.3 Å². The highest BCUT2D eigenvalue weighted by molar-refractivity contribution is 6.16. The number of carbonyl (C=O) groups excluding carboxylic acids is 2. The number of halogens is 2. The van der Waals surface area contributed by atoms with Crippen LogP contribution in [0.4, 0.5) is 8.78 Å². The van der Waals surface area contributed by atoms with Gasteiger partial charge >= 0.3 is 5.97 Å². The molecule has 1 aromatic carbocycles. The van der Waals surface area contributed by atoms with Crippen LogP contribution >= 0.6 is 0 Å². The van der Waals surface area contributed by atoms with E-state index in [1.54, 1.807) is 18.2 Å². The van der Waals surface area contributed by atoms with Gasteiger partial charge in [-0.25, -0.2) is 8.78 Å². The molecule has 0 aliphatic heterocycles. The predicted octanol–water partition coefficient (Wildman–Crippen LogP) is 4.04. The lowest BCUT2D eigenvalue weighted by molar-refractivity contribution is -0.185. The van der Waals surface area contributed by atoms with Crippen LogP contribution < -0.4 is 0 Å². The lowest BCUT2D eigenvalue weighted by Gasteiger charge is -2.53. The predicted molar refractivity (Wildman–Crippen MR) is 89.8 cm³/mol. The van der Waals surface area contributed by atoms with Crippen LogP contribution in [0.25, 0.3) is 0 Å². The van der Waals surface area contributed by atoms with Gasteiger partial charge in [0.15, 0.2) is 11.2 Å². The van der Waals surface area contributed by atoms with Gasteiger partial charge in [-0.1, -0.05) is 24.3 Å². The number of fused-ring (bicyclic) bond motifs is 1. The van der Waals surface area contributed by atoms with Gasteiger partial charge in [-0.3, -0.25) is 9.59 Å². The summed E-state index contributed by atoms with van der Waals surface area (Å²) in [6.07, 6.45) is 1.77. The maximum Gasteiger partial charge on any atom is 0.326 e. The highest BCUT2D eigenvalue weighted by Crippen LogP contribution is 2.55. The van der Waals surface area contributed by atoms with Crippen molar-refractivity contribution < 1.29 is 23.1 Å². The second-order valence-corrected chi connectivity index (χ2v) is 8.74. The zero-order valence-electron chi connectivity index (χ0n) is 14.5. The van der Waals surface area contributed by atoms with E-state index in [9.17, 15) is 18.4 Å². The number of Topliss-reactive ketones (excluding diaryl/α,β-unsaturated/α-hetero) is 1. The summed E-state index contributed by atoms with van der Waals surface area (Å²) in [6.45, 7) is 0. The summed E-state index contributed by atoms with van der Waals surface area (Å²) < 4.78 is 33.8. The molecule has 138 valence electrons. The Kier molecular flexibility index (Phi) is 3.54. The molecule has 0 N–H and O–H groups in total. The van der Waals surface area contributed by atoms with E-state index in [4.69, 9.17) is 4.74 Å². The molecule has 0 aromatic heterocycles. The summed E-state index contributed by atoms with van der Waals surface area (Å²) in [5, 5.41) is 0. The molecular formula is C21H22F2O3. The van der Waals surface area contributed by atoms with E-state index in [1.807, 2.05) is 0 Å². The molecule has 5 aliphatic rings. The zero-order valence-corrected chi connectivity index (χ0v) is 14.5. The lowest BCUT2D eigenvalue weighted by Crippen LogP contribution is -2.53. The van der Waals surface area contributed by atoms with Gasteiger partial charge < -0.3 is 4.74 Å². The molecule has 3 nitrogen and oxygen atoms in total. The Morgan fingerprint density at radius 1 is 1.04 bits per heavy atom. The van der Waals surface area contributed by atoms with Crippen molar-refractivity contribution in [2.45, 2.75) is 51.1 Å². The summed E-state index contributed by atoms with van der Waals surface area (Å²) in [6, 6.07) is 6.52. The van der Waals surface area contributed by atoms with Gasteiger partial charge in [0, 0.05) is 12.0 Å². The van der Waals surface area contributed by atoms with Crippen LogP contribution in [0.3, 0.4) is 0 Å². The molecule has 4 bridgehead atoms. The van der Waals surface area contributed by atoms with Crippen molar-refractivity contribution in [3.8, 4) is 0 Å². The number of ether oxygens (including phenoxy) is 1. The maximum absolute atomic E-state index is 14.1. The number of rotatable bonds is 3. The van der Waals surface area contributed by atoms with E-state index in [0.29, 0.717) is 17.4 Å². The molecule has 1 atom stereocenters. The second-order valence-electron chi connectivity index (χ2n) is 8.74. The minimum Gasteiger partial charge on any atom is -0.461 e. The van der Waals surface area contributed by atoms with Gasteiger partial charge in [-0.15, -0.1) is 0 Å². The second kappa shape index (κ2) is 5.61. The van der Waals surface area contributed by atoms with E-state index in [2.05, 4.69) is 0 Å². The molecule has 6 rings (SSSR count). The molecule has 0 saturated heterocycles. The topological polar surface area (TPSA) is 43.4 Å². The van der Waals surface area contributed by atoms with Crippen molar-refractivity contribution >= 4 is 11.8 Å². The van der Waals surface area contributed by atoms with Gasteiger partial charge in [-0.05, 0) is 61.3 Å². The third-order valence-electron chi connectivity index (χ3n) is 7.26. The van der Waals surface area contributed by atoms with Gasteiger partial charge in [-0.2, -0.15) is 0 Å². The van der Waals surface area contributed by atoms with E-state index in [1.165, 1.54) is 12.5 Å². The average Bonchev–Trinajstić information content (AvgIpc) is 2.92. The minimum atomic E-state index is -3.06. The molecule has 0 heterocycles. The van der Waals surface area contributed by atoms with Crippen LogP contribution in [0.1, 0.15) is 48.0 Å². The standard InChI is InChI=1S/C21H22F2O3/c22-19(23)21(10-13-3-1-2-4-16(13)18(21)24)20(25)26-17-14-6-11-5-12(8-14)9-15(17)7-11/h1-4,11-12,14-15,17,19H,5-10H2. The van der Waals surface area contributed by atoms with Crippen molar-refractivity contribution in [3.05, 3.63) is 35.4 Å². The van der Waals surface area contributed by atoms with Crippen molar-refractivity contribution in [3.63, 3.8) is 0 Å². The van der Waals surface area contributed by atoms with E-state index in [0.717, 1.165) is 25.7 Å². The van der Waals surface area contributed by atoms with E-state index in [-0.39, 0.29) is 29.9 Å². The monoisotopic (exact) mass is 360 g/mol. The Balaban J connectivity index is 1.43. The van der Waals surface area contributed by atoms with Crippen LogP contribution in [0.2, 0.25) is 0 Å². The fourth-order valence-electron chi connectivity index (χ4n) is 6.24. The summed E-state index contributed by atoms with van der Waals surface area (Å²) in [5.41, 5.74) is -1.62. The van der Waals surface area contributed by atoms with Gasteiger partial charge in [0.05, 0.1) is 0 Å². The number of esters is 1. The number of alkyl halides is 2. The Morgan fingerprint density at radius 2 is 1.65 bits per heavy atom. The molecule has 5 aliphatic carbocycles. The van der Waals surface area contributed by atoms with Crippen LogP contribution in [0, 0.1) is 29.1 Å². The molecule has 5 heteroatoms. The van der Waals surface area contributed by atoms with Crippen LogP contribution in [0.5, 0.6) is 0 Å². The Labute approximate surface area is 151 Å². The third-order valence-corrected chi connectivity index (χ3v) is 7.26. The fraction of sp³-hybridized carbons (Fsp3) is 0.619. The largest absolute Gasteiger partial charge is 0.461 e. The number of benzene rings is 1. The Hall–Kier alpha value is -1.78. The van der Waals surface area contributed by atoms with E-state index < -0.39 is 23.6 Å². The lowest BCUT2D eigenvalue weighted by atomic mass is 9.55. The molecule has 0 radical (unpaired) electrons. The van der Waals surface area contributed by atoms with Crippen molar-refractivity contribution in [1.82, 2.24) is 0 Å². The summed E-state index contributed by atoms with van der Waals surface area (Å²) >= 11 is 0. The highest BCUT2D eigenvalue weighted by atomic mass is 19.3. The minimum absolute atomic E-state index is 0.231. The Morgan fingerprint density at radius 3 is 2.23 bits per heavy atom. The average molecular weight is 360 g/mol. The molecule has 1 unspecified atom stereocenters. The molecule has 26 heavy (non-hydrogen) atoms. The van der Waals surface area contributed by atoms with Gasteiger partial charge in [0.1, 0.15) is 6.10 Å². The summed E-state index contributed by atoms with van der Waals surface area (Å²) in [4.78, 5) is 25.7. The maximum atomic E-state index is 14.1. The van der Waals surface area contributed by atoms with E-state index >= 15 is 0 Å². The molecular weight excluding hydrogens is 338 g/mol. The molecule has 1 aromatic rings. The highest BCUT2D eigenvalue weighted by Gasteiger charge is 2.61. The number of hydrogen-bond acceptors (Lipinski definition) is 3. The van der Waals surface area contributed by atoms with Crippen LogP contribution in [-0.2, 0) is 16.0 Å². The normalized spacial score (nSPS) is 40.1. The smallest absolute Gasteiger partial charge is 0.326 e. The van der Waals surface area contributed by atoms with Crippen LogP contribution in [-0.4, -0.2) is 24.3 Å². The fourth-order valence-corrected chi connectivity index (χ4v) is 6.24. The molecule has 4 saturated carbocycles. The molecule has 0 spiro atoms. The zero-order chi connectivity index (χ0) is 18.1. The number of carbonyl (C=O) groups is 2. The number of hydrogen-bond donors (Lipinski definition) is 0. The van der Waals surface area contributed by atoms with Crippen molar-refractivity contribution in [1.29, 1.82) is 0 Å². The first-order chi connectivity index (χ1) is 12.5. The molecule has 4 fully saturated rings. The SMILES string of the molecule is O=C(OC1C2CC3CC(C2)CC1C3)C1(C(F)F)Cc2ccccc2C1=O. The first kappa shape index (κ1) is 16.4. The third kappa shape index (κ3) is 2.15.